The summed E-state index contributed by atoms with van der Waals surface area (Å²) in [7, 11) is 0. The highest BCUT2D eigenvalue weighted by atomic mass is 32.1. The Labute approximate surface area is 140 Å². The molecule has 23 heavy (non-hydrogen) atoms. The Morgan fingerprint density at radius 1 is 0.913 bits per heavy atom. The van der Waals surface area contributed by atoms with E-state index in [1.54, 1.807) is 11.3 Å². The molecule has 1 aliphatic rings. The highest BCUT2D eigenvalue weighted by Gasteiger charge is 2.21. The summed E-state index contributed by atoms with van der Waals surface area (Å²) in [5, 5.41) is 3.87. The van der Waals surface area contributed by atoms with Crippen molar-refractivity contribution in [3.63, 3.8) is 0 Å². The van der Waals surface area contributed by atoms with Gasteiger partial charge in [0.2, 0.25) is 0 Å². The summed E-state index contributed by atoms with van der Waals surface area (Å²) in [5.74, 6) is 1.63. The molecule has 2 heterocycles. The Hall–Kier alpha value is -0.900. The monoisotopic (exact) mass is 347 g/mol. The topological polar surface area (TPSA) is 81.4 Å². The molecule has 1 aromatic rings. The molecule has 132 valence electrons. The van der Waals surface area contributed by atoms with E-state index in [1.165, 1.54) is 0 Å². The summed E-state index contributed by atoms with van der Waals surface area (Å²) in [4.78, 5) is 0. The smallest absolute Gasteiger partial charge is 0.172 e. The van der Waals surface area contributed by atoms with Gasteiger partial charge in [-0.05, 0) is 0 Å². The predicted octanol–water partition coefficient (Wildman–Crippen LogP) is 0.913. The van der Waals surface area contributed by atoms with Crippen LogP contribution >= 0.6 is 11.3 Å². The number of hydrogen-bond acceptors (Lipinski definition) is 8. The quantitative estimate of drug-likeness (QED) is 0.531. The second-order valence-electron chi connectivity index (χ2n) is 4.85. The van der Waals surface area contributed by atoms with E-state index in [9.17, 15) is 0 Å². The van der Waals surface area contributed by atoms with Gasteiger partial charge in [-0.2, -0.15) is 0 Å². The molecule has 0 radical (unpaired) electrons. The fraction of sp³-hybridized carbons (Fsp3) is 0.733. The van der Waals surface area contributed by atoms with Gasteiger partial charge in [0.1, 0.15) is 6.61 Å². The lowest BCUT2D eigenvalue weighted by atomic mass is 10.3. The minimum absolute atomic E-state index is 0.0612. The molecule has 1 atom stereocenters. The van der Waals surface area contributed by atoms with Gasteiger partial charge in [0.15, 0.2) is 17.6 Å². The number of thiophene rings is 1. The minimum atomic E-state index is -0.0612. The van der Waals surface area contributed by atoms with E-state index in [-0.39, 0.29) is 6.10 Å². The Balaban J connectivity index is 1.35. The van der Waals surface area contributed by atoms with Crippen molar-refractivity contribution in [2.24, 2.45) is 5.73 Å². The Kier molecular flexibility index (Phi) is 9.31. The van der Waals surface area contributed by atoms with Gasteiger partial charge in [-0.3, -0.25) is 0 Å². The predicted molar refractivity (Wildman–Crippen MR) is 86.6 cm³/mol. The number of ether oxygens (including phenoxy) is 6. The molecule has 0 aromatic carbocycles. The second kappa shape index (κ2) is 11.6. The van der Waals surface area contributed by atoms with Crippen LogP contribution in [0, 0.1) is 0 Å². The molecule has 0 amide bonds. The number of nitrogens with two attached hydrogens (primary N) is 1. The summed E-state index contributed by atoms with van der Waals surface area (Å²) < 4.78 is 32.8. The molecule has 0 saturated heterocycles. The largest absolute Gasteiger partial charge is 0.485 e. The molecule has 0 saturated carbocycles. The third-order valence-corrected chi connectivity index (χ3v) is 3.69. The van der Waals surface area contributed by atoms with Crippen LogP contribution in [0.15, 0.2) is 10.8 Å². The molecule has 0 aliphatic carbocycles. The fourth-order valence-electron chi connectivity index (χ4n) is 1.90. The standard InChI is InChI=1S/C15H25NO6S/c16-1-2-17-3-4-18-5-6-19-7-8-20-9-13-10-21-14-11-23-12-15(14)22-13/h11-13H,1-10,16H2. The first-order valence-electron chi connectivity index (χ1n) is 7.77. The minimum Gasteiger partial charge on any atom is -0.485 e. The molecule has 1 aliphatic heterocycles. The van der Waals surface area contributed by atoms with Crippen molar-refractivity contribution in [1.82, 2.24) is 0 Å². The molecular weight excluding hydrogens is 322 g/mol. The van der Waals surface area contributed by atoms with Crippen molar-refractivity contribution < 1.29 is 28.4 Å². The summed E-state index contributed by atoms with van der Waals surface area (Å²) >= 11 is 1.57. The van der Waals surface area contributed by atoms with E-state index in [0.29, 0.717) is 66.0 Å². The molecule has 2 rings (SSSR count). The fourth-order valence-corrected chi connectivity index (χ4v) is 2.57. The normalized spacial score (nSPS) is 16.7. The maximum absolute atomic E-state index is 5.75. The van der Waals surface area contributed by atoms with Crippen molar-refractivity contribution in [3.05, 3.63) is 10.8 Å². The maximum atomic E-state index is 5.75. The first-order chi connectivity index (χ1) is 11.4. The first kappa shape index (κ1) is 18.4. The second-order valence-corrected chi connectivity index (χ2v) is 5.60. The molecule has 0 bridgehead atoms. The van der Waals surface area contributed by atoms with E-state index in [2.05, 4.69) is 0 Å². The van der Waals surface area contributed by atoms with Gasteiger partial charge >= 0.3 is 0 Å². The lowest BCUT2D eigenvalue weighted by molar-refractivity contribution is -0.0243. The zero-order chi connectivity index (χ0) is 16.2. The highest BCUT2D eigenvalue weighted by Crippen LogP contribution is 2.35. The van der Waals surface area contributed by atoms with E-state index in [1.807, 2.05) is 10.8 Å². The molecule has 1 aromatic heterocycles. The molecule has 1 unspecified atom stereocenters. The van der Waals surface area contributed by atoms with Gasteiger partial charge in [-0.1, -0.05) is 0 Å². The zero-order valence-electron chi connectivity index (χ0n) is 13.2. The molecule has 7 nitrogen and oxygen atoms in total. The van der Waals surface area contributed by atoms with Crippen molar-refractivity contribution in [2.45, 2.75) is 6.10 Å². The number of fused-ring (bicyclic) bond motifs is 1. The first-order valence-corrected chi connectivity index (χ1v) is 8.71. The van der Waals surface area contributed by atoms with E-state index in [4.69, 9.17) is 34.2 Å². The summed E-state index contributed by atoms with van der Waals surface area (Å²) in [5.41, 5.74) is 5.30. The number of hydrogen-bond donors (Lipinski definition) is 1. The van der Waals surface area contributed by atoms with Crippen LogP contribution in [0.1, 0.15) is 0 Å². The Morgan fingerprint density at radius 2 is 1.52 bits per heavy atom. The van der Waals surface area contributed by atoms with Gasteiger partial charge in [-0.15, -0.1) is 11.3 Å². The van der Waals surface area contributed by atoms with E-state index < -0.39 is 0 Å². The van der Waals surface area contributed by atoms with Gasteiger partial charge in [-0.25, -0.2) is 0 Å². The van der Waals surface area contributed by atoms with Gasteiger partial charge in [0, 0.05) is 17.3 Å². The molecule has 0 fully saturated rings. The van der Waals surface area contributed by atoms with Crippen molar-refractivity contribution >= 4 is 11.3 Å². The van der Waals surface area contributed by atoms with Crippen molar-refractivity contribution in [2.75, 3.05) is 66.0 Å². The van der Waals surface area contributed by atoms with Crippen LogP contribution in [-0.2, 0) is 18.9 Å². The molecular formula is C15H25NO6S. The maximum Gasteiger partial charge on any atom is 0.172 e. The van der Waals surface area contributed by atoms with Crippen LogP contribution in [0.3, 0.4) is 0 Å². The summed E-state index contributed by atoms with van der Waals surface area (Å²) in [6.45, 7) is 5.39. The SMILES string of the molecule is NCCOCCOCCOCCOCC1COc2cscc2O1. The van der Waals surface area contributed by atoms with Crippen LogP contribution in [0.5, 0.6) is 11.5 Å². The van der Waals surface area contributed by atoms with Gasteiger partial charge in [0.05, 0.1) is 52.9 Å². The van der Waals surface area contributed by atoms with Crippen molar-refractivity contribution in [1.29, 1.82) is 0 Å². The van der Waals surface area contributed by atoms with Crippen LogP contribution in [0.25, 0.3) is 0 Å². The average molecular weight is 347 g/mol. The zero-order valence-corrected chi connectivity index (χ0v) is 14.1. The summed E-state index contributed by atoms with van der Waals surface area (Å²) in [6, 6.07) is 0. The molecule has 2 N–H and O–H groups in total. The highest BCUT2D eigenvalue weighted by molar-refractivity contribution is 7.08. The van der Waals surface area contributed by atoms with Crippen LogP contribution < -0.4 is 15.2 Å². The lowest BCUT2D eigenvalue weighted by Gasteiger charge is -2.24. The molecule has 8 heteroatoms. The van der Waals surface area contributed by atoms with Crippen LogP contribution in [0.4, 0.5) is 0 Å². The third kappa shape index (κ3) is 7.47. The Morgan fingerprint density at radius 3 is 2.22 bits per heavy atom. The Bertz CT molecular complexity index is 416. The van der Waals surface area contributed by atoms with Crippen molar-refractivity contribution in [3.8, 4) is 11.5 Å². The van der Waals surface area contributed by atoms with Gasteiger partial charge in [0.25, 0.3) is 0 Å². The molecule has 0 spiro atoms. The summed E-state index contributed by atoms with van der Waals surface area (Å²) in [6.07, 6.45) is -0.0612. The number of rotatable bonds is 13. The van der Waals surface area contributed by atoms with E-state index >= 15 is 0 Å². The van der Waals surface area contributed by atoms with Crippen LogP contribution in [-0.4, -0.2) is 72.1 Å². The van der Waals surface area contributed by atoms with Crippen LogP contribution in [0.2, 0.25) is 0 Å². The average Bonchev–Trinajstić information content (AvgIpc) is 3.03. The van der Waals surface area contributed by atoms with Gasteiger partial charge < -0.3 is 34.2 Å². The van der Waals surface area contributed by atoms with E-state index in [0.717, 1.165) is 11.5 Å². The lowest BCUT2D eigenvalue weighted by Crippen LogP contribution is -2.33. The third-order valence-electron chi connectivity index (χ3n) is 2.99.